The summed E-state index contributed by atoms with van der Waals surface area (Å²) in [6.45, 7) is 7.63. The highest BCUT2D eigenvalue weighted by Crippen LogP contribution is 2.18. The molecule has 0 aliphatic carbocycles. The minimum Gasteiger partial charge on any atom is -0.390 e. The first kappa shape index (κ1) is 12.9. The van der Waals surface area contributed by atoms with E-state index in [4.69, 9.17) is 0 Å². The van der Waals surface area contributed by atoms with E-state index in [1.165, 1.54) is 5.56 Å². The third-order valence-corrected chi connectivity index (χ3v) is 2.74. The molecular formula is C14H21NO. The fraction of sp³-hybridized carbons (Fsp3) is 0.500. The molecule has 1 aromatic heterocycles. The molecule has 0 aliphatic rings. The van der Waals surface area contributed by atoms with Crippen molar-refractivity contribution in [2.75, 3.05) is 0 Å². The van der Waals surface area contributed by atoms with Crippen molar-refractivity contribution < 1.29 is 5.11 Å². The molecule has 1 N–H and O–H groups in total. The maximum absolute atomic E-state index is 10.1. The Bertz CT molecular complexity index is 327. The second-order valence-corrected chi connectivity index (χ2v) is 4.51. The summed E-state index contributed by atoms with van der Waals surface area (Å²) in [5.74, 6) is 0. The third kappa shape index (κ3) is 4.15. The summed E-state index contributed by atoms with van der Waals surface area (Å²) in [5.41, 5.74) is 1.50. The standard InChI is InChI=1S/C14H21NO/c1-4-6-9-14(3,16)10-13-8-7-12(5-2)11-15-13/h4,7-8,11,16H,1,5-6,9-10H2,2-3H3. The van der Waals surface area contributed by atoms with Crippen LogP contribution in [-0.4, -0.2) is 15.7 Å². The second kappa shape index (κ2) is 5.80. The number of aryl methyl sites for hydroxylation is 1. The molecule has 0 saturated carbocycles. The van der Waals surface area contributed by atoms with Gasteiger partial charge in [-0.3, -0.25) is 4.98 Å². The van der Waals surface area contributed by atoms with Gasteiger partial charge in [-0.2, -0.15) is 0 Å². The van der Waals surface area contributed by atoms with Crippen LogP contribution in [0.5, 0.6) is 0 Å². The van der Waals surface area contributed by atoms with Crippen molar-refractivity contribution in [2.24, 2.45) is 0 Å². The SMILES string of the molecule is C=CCCC(C)(O)Cc1ccc(CC)cn1. The van der Waals surface area contributed by atoms with Crippen LogP contribution in [0.3, 0.4) is 0 Å². The zero-order valence-corrected chi connectivity index (χ0v) is 10.2. The summed E-state index contributed by atoms with van der Waals surface area (Å²) in [4.78, 5) is 4.36. The number of aromatic nitrogens is 1. The van der Waals surface area contributed by atoms with Crippen LogP contribution < -0.4 is 0 Å². The molecule has 88 valence electrons. The maximum Gasteiger partial charge on any atom is 0.0678 e. The Morgan fingerprint density at radius 3 is 2.75 bits per heavy atom. The highest BCUT2D eigenvalue weighted by Gasteiger charge is 2.20. The van der Waals surface area contributed by atoms with E-state index >= 15 is 0 Å². The molecular weight excluding hydrogens is 198 g/mol. The lowest BCUT2D eigenvalue weighted by molar-refractivity contribution is 0.0513. The molecule has 1 aromatic rings. The molecule has 2 nitrogen and oxygen atoms in total. The van der Waals surface area contributed by atoms with Crippen molar-refractivity contribution in [1.29, 1.82) is 0 Å². The minimum absolute atomic E-state index is 0.602. The molecule has 1 unspecified atom stereocenters. The van der Waals surface area contributed by atoms with Crippen LogP contribution >= 0.6 is 0 Å². The van der Waals surface area contributed by atoms with Gasteiger partial charge in [-0.05, 0) is 37.8 Å². The van der Waals surface area contributed by atoms with E-state index in [0.717, 1.165) is 25.0 Å². The van der Waals surface area contributed by atoms with Gasteiger partial charge in [0.25, 0.3) is 0 Å². The van der Waals surface area contributed by atoms with Crippen molar-refractivity contribution in [3.8, 4) is 0 Å². The molecule has 0 aromatic carbocycles. The van der Waals surface area contributed by atoms with Crippen molar-refractivity contribution in [3.05, 3.63) is 42.2 Å². The Balaban J connectivity index is 2.60. The molecule has 16 heavy (non-hydrogen) atoms. The summed E-state index contributed by atoms with van der Waals surface area (Å²) in [7, 11) is 0. The van der Waals surface area contributed by atoms with Gasteiger partial charge in [0, 0.05) is 18.3 Å². The summed E-state index contributed by atoms with van der Waals surface area (Å²) in [5, 5.41) is 10.1. The van der Waals surface area contributed by atoms with Crippen LogP contribution in [0, 0.1) is 0 Å². The largest absolute Gasteiger partial charge is 0.390 e. The Morgan fingerprint density at radius 1 is 1.50 bits per heavy atom. The molecule has 0 amide bonds. The molecule has 2 heteroatoms. The molecule has 0 aliphatic heterocycles. The molecule has 0 saturated heterocycles. The van der Waals surface area contributed by atoms with Gasteiger partial charge in [-0.25, -0.2) is 0 Å². The fourth-order valence-corrected chi connectivity index (χ4v) is 1.66. The quantitative estimate of drug-likeness (QED) is 0.746. The molecule has 1 rings (SSSR count). The molecule has 0 fully saturated rings. The van der Waals surface area contributed by atoms with E-state index < -0.39 is 5.60 Å². The average molecular weight is 219 g/mol. The van der Waals surface area contributed by atoms with Crippen LogP contribution in [0.25, 0.3) is 0 Å². The Morgan fingerprint density at radius 2 is 2.25 bits per heavy atom. The van der Waals surface area contributed by atoms with Crippen LogP contribution in [0.15, 0.2) is 31.0 Å². The lowest BCUT2D eigenvalue weighted by Crippen LogP contribution is -2.27. The Labute approximate surface area is 98.0 Å². The normalized spacial score (nSPS) is 14.4. The van der Waals surface area contributed by atoms with Gasteiger partial charge in [0.15, 0.2) is 0 Å². The number of pyridine rings is 1. The molecule has 0 bridgehead atoms. The average Bonchev–Trinajstić information content (AvgIpc) is 2.27. The Hall–Kier alpha value is -1.15. The zero-order valence-electron chi connectivity index (χ0n) is 10.2. The predicted octanol–water partition coefficient (Wildman–Crippen LogP) is 2.90. The van der Waals surface area contributed by atoms with Crippen LogP contribution in [-0.2, 0) is 12.8 Å². The number of rotatable bonds is 6. The first-order chi connectivity index (χ1) is 7.57. The monoisotopic (exact) mass is 219 g/mol. The molecule has 1 atom stereocenters. The van der Waals surface area contributed by atoms with E-state index in [9.17, 15) is 5.11 Å². The number of hydrogen-bond donors (Lipinski definition) is 1. The van der Waals surface area contributed by atoms with Crippen molar-refractivity contribution in [3.63, 3.8) is 0 Å². The van der Waals surface area contributed by atoms with Gasteiger partial charge in [0.2, 0.25) is 0 Å². The predicted molar refractivity (Wildman–Crippen MR) is 67.4 cm³/mol. The minimum atomic E-state index is -0.686. The van der Waals surface area contributed by atoms with E-state index in [-0.39, 0.29) is 0 Å². The van der Waals surface area contributed by atoms with E-state index in [2.05, 4.69) is 24.6 Å². The van der Waals surface area contributed by atoms with E-state index in [1.54, 1.807) is 0 Å². The second-order valence-electron chi connectivity index (χ2n) is 4.51. The van der Waals surface area contributed by atoms with Crippen LogP contribution in [0.4, 0.5) is 0 Å². The topological polar surface area (TPSA) is 33.1 Å². The summed E-state index contributed by atoms with van der Waals surface area (Å²) in [6, 6.07) is 4.08. The van der Waals surface area contributed by atoms with Gasteiger partial charge in [0.05, 0.1) is 5.60 Å². The number of nitrogens with zero attached hydrogens (tertiary/aromatic N) is 1. The summed E-state index contributed by atoms with van der Waals surface area (Å²) >= 11 is 0. The molecule has 1 heterocycles. The molecule has 0 radical (unpaired) electrons. The molecule has 0 spiro atoms. The smallest absolute Gasteiger partial charge is 0.0678 e. The maximum atomic E-state index is 10.1. The zero-order chi connectivity index (χ0) is 12.0. The summed E-state index contributed by atoms with van der Waals surface area (Å²) < 4.78 is 0. The van der Waals surface area contributed by atoms with E-state index in [0.29, 0.717) is 6.42 Å². The van der Waals surface area contributed by atoms with Crippen molar-refractivity contribution >= 4 is 0 Å². The van der Waals surface area contributed by atoms with Gasteiger partial charge in [0.1, 0.15) is 0 Å². The fourth-order valence-electron chi connectivity index (χ4n) is 1.66. The van der Waals surface area contributed by atoms with Crippen LogP contribution in [0.2, 0.25) is 0 Å². The third-order valence-electron chi connectivity index (χ3n) is 2.74. The van der Waals surface area contributed by atoms with E-state index in [1.807, 2.05) is 25.3 Å². The number of hydrogen-bond acceptors (Lipinski definition) is 2. The van der Waals surface area contributed by atoms with Gasteiger partial charge < -0.3 is 5.11 Å². The lowest BCUT2D eigenvalue weighted by atomic mass is 9.94. The first-order valence-corrected chi connectivity index (χ1v) is 5.84. The van der Waals surface area contributed by atoms with Gasteiger partial charge in [-0.15, -0.1) is 6.58 Å². The first-order valence-electron chi connectivity index (χ1n) is 5.84. The highest BCUT2D eigenvalue weighted by molar-refractivity contribution is 5.15. The van der Waals surface area contributed by atoms with Gasteiger partial charge >= 0.3 is 0 Å². The summed E-state index contributed by atoms with van der Waals surface area (Å²) in [6.07, 6.45) is 6.89. The van der Waals surface area contributed by atoms with Gasteiger partial charge in [-0.1, -0.05) is 19.1 Å². The van der Waals surface area contributed by atoms with Crippen LogP contribution in [0.1, 0.15) is 37.9 Å². The van der Waals surface area contributed by atoms with Crippen molar-refractivity contribution in [2.45, 2.75) is 45.1 Å². The highest BCUT2D eigenvalue weighted by atomic mass is 16.3. The lowest BCUT2D eigenvalue weighted by Gasteiger charge is -2.22. The van der Waals surface area contributed by atoms with Crippen molar-refractivity contribution in [1.82, 2.24) is 4.98 Å². The number of allylic oxidation sites excluding steroid dienone is 1. The Kier molecular flexibility index (Phi) is 4.69. The number of aliphatic hydroxyl groups is 1.